The first-order valence-corrected chi connectivity index (χ1v) is 4.21. The predicted molar refractivity (Wildman–Crippen MR) is 50.2 cm³/mol. The van der Waals surface area contributed by atoms with E-state index in [-0.39, 0.29) is 12.6 Å². The lowest BCUT2D eigenvalue weighted by atomic mass is 10.1. The largest absolute Gasteiger partial charge is 0.395 e. The molecule has 1 aromatic carbocycles. The minimum Gasteiger partial charge on any atom is -0.395 e. The van der Waals surface area contributed by atoms with Crippen molar-refractivity contribution in [3.05, 3.63) is 34.9 Å². The zero-order chi connectivity index (χ0) is 8.97. The molecule has 3 N–H and O–H groups in total. The second kappa shape index (κ2) is 4.45. The normalized spacial score (nSPS) is 12.9. The first kappa shape index (κ1) is 9.52. The molecule has 2 nitrogen and oxygen atoms in total. The first-order chi connectivity index (χ1) is 5.72. The van der Waals surface area contributed by atoms with E-state index in [1.54, 1.807) is 0 Å². The standard InChI is InChI=1S/C9H12ClNO/c10-8-3-1-7(2-4-8)5-9(11)6-12/h1-4,9,12H,5-6,11H2/t9-/m1/s1. The molecule has 0 aliphatic heterocycles. The van der Waals surface area contributed by atoms with Gasteiger partial charge in [0.05, 0.1) is 6.61 Å². The molecule has 1 rings (SSSR count). The molecule has 0 unspecified atom stereocenters. The molecule has 0 amide bonds. The summed E-state index contributed by atoms with van der Waals surface area (Å²) in [6.07, 6.45) is 0.688. The van der Waals surface area contributed by atoms with Crippen molar-refractivity contribution in [1.29, 1.82) is 0 Å². The van der Waals surface area contributed by atoms with Gasteiger partial charge in [-0.05, 0) is 24.1 Å². The molecule has 0 radical (unpaired) electrons. The Labute approximate surface area is 77.0 Å². The predicted octanol–water partition coefficient (Wildman–Crippen LogP) is 1.20. The highest BCUT2D eigenvalue weighted by Crippen LogP contribution is 2.10. The summed E-state index contributed by atoms with van der Waals surface area (Å²) in [4.78, 5) is 0. The minimum absolute atomic E-state index is 0.0165. The second-order valence-corrected chi connectivity index (χ2v) is 3.21. The molecule has 0 aromatic heterocycles. The third kappa shape index (κ3) is 2.81. The Morgan fingerprint density at radius 3 is 2.42 bits per heavy atom. The summed E-state index contributed by atoms with van der Waals surface area (Å²) < 4.78 is 0. The molecule has 0 aliphatic carbocycles. The molecule has 0 spiro atoms. The quantitative estimate of drug-likeness (QED) is 0.744. The third-order valence-electron chi connectivity index (χ3n) is 1.65. The highest BCUT2D eigenvalue weighted by molar-refractivity contribution is 6.30. The molecular formula is C9H12ClNO. The van der Waals surface area contributed by atoms with Crippen LogP contribution in [-0.4, -0.2) is 17.8 Å². The average molecular weight is 186 g/mol. The van der Waals surface area contributed by atoms with Crippen LogP contribution in [0.4, 0.5) is 0 Å². The zero-order valence-electron chi connectivity index (χ0n) is 6.70. The monoisotopic (exact) mass is 185 g/mol. The maximum Gasteiger partial charge on any atom is 0.0585 e. The van der Waals surface area contributed by atoms with Gasteiger partial charge >= 0.3 is 0 Å². The summed E-state index contributed by atoms with van der Waals surface area (Å²) in [6, 6.07) is 7.30. The van der Waals surface area contributed by atoms with Crippen molar-refractivity contribution in [1.82, 2.24) is 0 Å². The fourth-order valence-electron chi connectivity index (χ4n) is 0.988. The molecule has 0 fully saturated rings. The van der Waals surface area contributed by atoms with Crippen molar-refractivity contribution in [2.75, 3.05) is 6.61 Å². The van der Waals surface area contributed by atoms with E-state index in [0.29, 0.717) is 6.42 Å². The van der Waals surface area contributed by atoms with Crippen LogP contribution in [0.1, 0.15) is 5.56 Å². The highest BCUT2D eigenvalue weighted by Gasteiger charge is 2.01. The van der Waals surface area contributed by atoms with E-state index in [9.17, 15) is 0 Å². The molecule has 12 heavy (non-hydrogen) atoms. The van der Waals surface area contributed by atoms with Crippen LogP contribution in [-0.2, 0) is 6.42 Å². The van der Waals surface area contributed by atoms with Crippen LogP contribution < -0.4 is 5.73 Å². The number of benzene rings is 1. The van der Waals surface area contributed by atoms with Gasteiger partial charge in [0.15, 0.2) is 0 Å². The molecule has 0 saturated carbocycles. The van der Waals surface area contributed by atoms with Crippen molar-refractivity contribution in [3.8, 4) is 0 Å². The summed E-state index contributed by atoms with van der Waals surface area (Å²) in [6.45, 7) is 0.0165. The van der Waals surface area contributed by atoms with E-state index < -0.39 is 0 Å². The molecule has 0 heterocycles. The number of rotatable bonds is 3. The zero-order valence-corrected chi connectivity index (χ0v) is 7.46. The van der Waals surface area contributed by atoms with E-state index in [1.807, 2.05) is 24.3 Å². The summed E-state index contributed by atoms with van der Waals surface area (Å²) in [5.74, 6) is 0. The Hall–Kier alpha value is -0.570. The van der Waals surface area contributed by atoms with Crippen LogP contribution in [0, 0.1) is 0 Å². The Morgan fingerprint density at radius 1 is 1.33 bits per heavy atom. The van der Waals surface area contributed by atoms with E-state index in [1.165, 1.54) is 0 Å². The summed E-state index contributed by atoms with van der Waals surface area (Å²) in [5.41, 5.74) is 6.66. The van der Waals surface area contributed by atoms with Crippen molar-refractivity contribution < 1.29 is 5.11 Å². The Morgan fingerprint density at radius 2 is 1.92 bits per heavy atom. The highest BCUT2D eigenvalue weighted by atomic mass is 35.5. The van der Waals surface area contributed by atoms with Gasteiger partial charge in [-0.1, -0.05) is 23.7 Å². The lowest BCUT2D eigenvalue weighted by molar-refractivity contribution is 0.265. The van der Waals surface area contributed by atoms with Crippen LogP contribution in [0.2, 0.25) is 5.02 Å². The molecular weight excluding hydrogens is 174 g/mol. The number of aliphatic hydroxyl groups is 1. The Bertz CT molecular complexity index is 235. The lowest BCUT2D eigenvalue weighted by Crippen LogP contribution is -2.26. The molecule has 0 bridgehead atoms. The van der Waals surface area contributed by atoms with Crippen molar-refractivity contribution >= 4 is 11.6 Å². The van der Waals surface area contributed by atoms with Gasteiger partial charge in [-0.15, -0.1) is 0 Å². The van der Waals surface area contributed by atoms with Crippen molar-refractivity contribution in [3.63, 3.8) is 0 Å². The van der Waals surface area contributed by atoms with Gasteiger partial charge in [0.2, 0.25) is 0 Å². The van der Waals surface area contributed by atoms with Gasteiger partial charge in [-0.3, -0.25) is 0 Å². The minimum atomic E-state index is -0.175. The molecule has 0 saturated heterocycles. The van der Waals surface area contributed by atoms with Crippen LogP contribution in [0.25, 0.3) is 0 Å². The van der Waals surface area contributed by atoms with Gasteiger partial charge in [-0.25, -0.2) is 0 Å². The average Bonchev–Trinajstić information content (AvgIpc) is 2.09. The lowest BCUT2D eigenvalue weighted by Gasteiger charge is -2.07. The van der Waals surface area contributed by atoms with Gasteiger partial charge in [-0.2, -0.15) is 0 Å². The van der Waals surface area contributed by atoms with Crippen LogP contribution >= 0.6 is 11.6 Å². The molecule has 0 aliphatic rings. The van der Waals surface area contributed by atoms with E-state index in [2.05, 4.69) is 0 Å². The number of hydrogen-bond acceptors (Lipinski definition) is 2. The smallest absolute Gasteiger partial charge is 0.0585 e. The number of nitrogens with two attached hydrogens (primary N) is 1. The van der Waals surface area contributed by atoms with Crippen LogP contribution in [0.15, 0.2) is 24.3 Å². The SMILES string of the molecule is N[C@@H](CO)Cc1ccc(Cl)cc1. The van der Waals surface area contributed by atoms with E-state index >= 15 is 0 Å². The van der Waals surface area contributed by atoms with Gasteiger partial charge in [0, 0.05) is 11.1 Å². The topological polar surface area (TPSA) is 46.2 Å². The summed E-state index contributed by atoms with van der Waals surface area (Å²) >= 11 is 5.70. The molecule has 3 heteroatoms. The summed E-state index contributed by atoms with van der Waals surface area (Å²) in [5, 5.41) is 9.42. The third-order valence-corrected chi connectivity index (χ3v) is 1.90. The second-order valence-electron chi connectivity index (χ2n) is 2.77. The van der Waals surface area contributed by atoms with Crippen LogP contribution in [0.3, 0.4) is 0 Å². The number of halogens is 1. The summed E-state index contributed by atoms with van der Waals surface area (Å²) in [7, 11) is 0. The fourth-order valence-corrected chi connectivity index (χ4v) is 1.11. The molecule has 1 atom stereocenters. The molecule has 1 aromatic rings. The van der Waals surface area contributed by atoms with E-state index in [0.717, 1.165) is 10.6 Å². The van der Waals surface area contributed by atoms with Crippen LogP contribution in [0.5, 0.6) is 0 Å². The number of hydrogen-bond donors (Lipinski definition) is 2. The van der Waals surface area contributed by atoms with Gasteiger partial charge < -0.3 is 10.8 Å². The van der Waals surface area contributed by atoms with Gasteiger partial charge in [0.25, 0.3) is 0 Å². The fraction of sp³-hybridized carbons (Fsp3) is 0.333. The Balaban J connectivity index is 2.58. The maximum absolute atomic E-state index is 8.70. The van der Waals surface area contributed by atoms with E-state index in [4.69, 9.17) is 22.4 Å². The van der Waals surface area contributed by atoms with Crippen molar-refractivity contribution in [2.24, 2.45) is 5.73 Å². The Kier molecular flexibility index (Phi) is 3.53. The maximum atomic E-state index is 8.70. The van der Waals surface area contributed by atoms with Gasteiger partial charge in [0.1, 0.15) is 0 Å². The molecule has 66 valence electrons. The first-order valence-electron chi connectivity index (χ1n) is 3.83. The number of aliphatic hydroxyl groups excluding tert-OH is 1. The van der Waals surface area contributed by atoms with Crippen molar-refractivity contribution in [2.45, 2.75) is 12.5 Å².